The van der Waals surface area contributed by atoms with Gasteiger partial charge in [0.25, 0.3) is 0 Å². The van der Waals surface area contributed by atoms with Crippen molar-refractivity contribution in [3.63, 3.8) is 0 Å². The fourth-order valence-corrected chi connectivity index (χ4v) is 3.36. The molecule has 1 aliphatic carbocycles. The Kier molecular flexibility index (Phi) is 3.37. The lowest BCUT2D eigenvalue weighted by atomic mass is 10.0. The Labute approximate surface area is 115 Å². The van der Waals surface area contributed by atoms with Crippen molar-refractivity contribution in [2.75, 3.05) is 19.7 Å². The molecule has 3 nitrogen and oxygen atoms in total. The van der Waals surface area contributed by atoms with Gasteiger partial charge >= 0.3 is 0 Å². The minimum Gasteiger partial charge on any atom is -0.375 e. The van der Waals surface area contributed by atoms with Gasteiger partial charge in [0.05, 0.1) is 12.7 Å². The summed E-state index contributed by atoms with van der Waals surface area (Å²) in [5.41, 5.74) is 7.80. The van der Waals surface area contributed by atoms with Gasteiger partial charge in [0, 0.05) is 31.6 Å². The van der Waals surface area contributed by atoms with Crippen LogP contribution in [0.1, 0.15) is 19.4 Å². The van der Waals surface area contributed by atoms with Gasteiger partial charge in [-0.05, 0) is 11.0 Å². The highest BCUT2D eigenvalue weighted by Crippen LogP contribution is 2.53. The maximum atomic E-state index is 6.17. The van der Waals surface area contributed by atoms with Crippen LogP contribution in [0.5, 0.6) is 0 Å². The highest BCUT2D eigenvalue weighted by molar-refractivity contribution is 5.16. The van der Waals surface area contributed by atoms with Gasteiger partial charge in [-0.15, -0.1) is 0 Å². The van der Waals surface area contributed by atoms with E-state index < -0.39 is 0 Å². The van der Waals surface area contributed by atoms with Crippen LogP contribution in [-0.4, -0.2) is 36.7 Å². The minimum absolute atomic E-state index is 0.250. The Morgan fingerprint density at radius 2 is 2.00 bits per heavy atom. The van der Waals surface area contributed by atoms with E-state index in [0.29, 0.717) is 18.1 Å². The zero-order chi connectivity index (χ0) is 13.5. The lowest BCUT2D eigenvalue weighted by Gasteiger charge is -2.33. The molecule has 0 amide bonds. The fourth-order valence-electron chi connectivity index (χ4n) is 3.36. The first-order chi connectivity index (χ1) is 9.09. The Hall–Kier alpha value is -0.900. The molecule has 3 heteroatoms. The molecule has 0 radical (unpaired) electrons. The molecule has 1 saturated heterocycles. The Morgan fingerprint density at radius 1 is 1.32 bits per heavy atom. The number of hydrogen-bond donors (Lipinski definition) is 1. The van der Waals surface area contributed by atoms with E-state index in [9.17, 15) is 0 Å². The van der Waals surface area contributed by atoms with Crippen LogP contribution in [0.15, 0.2) is 30.3 Å². The van der Waals surface area contributed by atoms with Crippen molar-refractivity contribution >= 4 is 0 Å². The van der Waals surface area contributed by atoms with Crippen LogP contribution < -0.4 is 5.73 Å². The summed E-state index contributed by atoms with van der Waals surface area (Å²) in [7, 11) is 0. The van der Waals surface area contributed by atoms with E-state index in [4.69, 9.17) is 10.5 Å². The summed E-state index contributed by atoms with van der Waals surface area (Å²) in [4.78, 5) is 2.49. The van der Waals surface area contributed by atoms with Crippen LogP contribution in [0.2, 0.25) is 0 Å². The number of nitrogens with zero attached hydrogens (tertiary/aromatic N) is 1. The number of rotatable bonds is 3. The van der Waals surface area contributed by atoms with Crippen LogP contribution in [0.4, 0.5) is 0 Å². The average Bonchev–Trinajstić information content (AvgIpc) is 2.90. The van der Waals surface area contributed by atoms with Gasteiger partial charge in [0.15, 0.2) is 0 Å². The van der Waals surface area contributed by atoms with Gasteiger partial charge in [-0.25, -0.2) is 0 Å². The van der Waals surface area contributed by atoms with Gasteiger partial charge in [-0.1, -0.05) is 44.2 Å². The quantitative estimate of drug-likeness (QED) is 0.901. The zero-order valence-electron chi connectivity index (χ0n) is 11.9. The SMILES string of the molecule is CC1(C)C(N)C1C1CN(Cc2ccccc2)CCO1. The van der Waals surface area contributed by atoms with Crippen LogP contribution in [-0.2, 0) is 11.3 Å². The van der Waals surface area contributed by atoms with Gasteiger partial charge in [0.2, 0.25) is 0 Å². The molecule has 1 aliphatic heterocycles. The second-order valence-corrected chi connectivity index (χ2v) is 6.50. The Bertz CT molecular complexity index is 432. The molecule has 1 saturated carbocycles. The molecule has 2 N–H and O–H groups in total. The first-order valence-corrected chi connectivity index (χ1v) is 7.22. The van der Waals surface area contributed by atoms with Crippen molar-refractivity contribution < 1.29 is 4.74 Å². The molecule has 3 unspecified atom stereocenters. The van der Waals surface area contributed by atoms with Crippen molar-refractivity contribution in [3.8, 4) is 0 Å². The standard InChI is InChI=1S/C16H24N2O/c1-16(2)14(15(16)17)13-11-18(8-9-19-13)10-12-6-4-3-5-7-12/h3-7,13-15H,8-11,17H2,1-2H3. The van der Waals surface area contributed by atoms with Crippen LogP contribution in [0.3, 0.4) is 0 Å². The Balaban J connectivity index is 1.60. The van der Waals surface area contributed by atoms with E-state index >= 15 is 0 Å². The third kappa shape index (κ3) is 2.55. The lowest BCUT2D eigenvalue weighted by molar-refractivity contribution is -0.0475. The number of nitrogens with two attached hydrogens (primary N) is 1. The second-order valence-electron chi connectivity index (χ2n) is 6.50. The van der Waals surface area contributed by atoms with Crippen molar-refractivity contribution in [1.29, 1.82) is 0 Å². The molecular formula is C16H24N2O. The van der Waals surface area contributed by atoms with Gasteiger partial charge < -0.3 is 10.5 Å². The van der Waals surface area contributed by atoms with Crippen molar-refractivity contribution in [2.45, 2.75) is 32.5 Å². The molecule has 1 aromatic carbocycles. The van der Waals surface area contributed by atoms with Crippen LogP contribution in [0, 0.1) is 11.3 Å². The molecule has 0 aromatic heterocycles. The number of hydrogen-bond acceptors (Lipinski definition) is 3. The van der Waals surface area contributed by atoms with E-state index in [2.05, 4.69) is 49.1 Å². The summed E-state index contributed by atoms with van der Waals surface area (Å²) in [6.45, 7) is 8.38. The molecule has 2 aliphatic rings. The number of benzene rings is 1. The summed E-state index contributed by atoms with van der Waals surface area (Å²) in [6, 6.07) is 11.0. The predicted molar refractivity (Wildman–Crippen MR) is 76.7 cm³/mol. The van der Waals surface area contributed by atoms with E-state index in [0.717, 1.165) is 26.2 Å². The van der Waals surface area contributed by atoms with E-state index in [1.807, 2.05) is 0 Å². The van der Waals surface area contributed by atoms with Gasteiger partial charge in [0.1, 0.15) is 0 Å². The summed E-state index contributed by atoms with van der Waals surface area (Å²) in [5.74, 6) is 0.520. The first-order valence-electron chi connectivity index (χ1n) is 7.22. The molecule has 3 atom stereocenters. The van der Waals surface area contributed by atoms with Crippen LogP contribution in [0.25, 0.3) is 0 Å². The topological polar surface area (TPSA) is 38.5 Å². The second kappa shape index (κ2) is 4.89. The van der Waals surface area contributed by atoms with E-state index in [1.54, 1.807) is 0 Å². The fraction of sp³-hybridized carbons (Fsp3) is 0.625. The van der Waals surface area contributed by atoms with E-state index in [-0.39, 0.29) is 5.41 Å². The van der Waals surface area contributed by atoms with Crippen molar-refractivity contribution in [1.82, 2.24) is 4.90 Å². The van der Waals surface area contributed by atoms with E-state index in [1.165, 1.54) is 5.56 Å². The highest BCUT2D eigenvalue weighted by Gasteiger charge is 2.59. The van der Waals surface area contributed by atoms with Crippen molar-refractivity contribution in [3.05, 3.63) is 35.9 Å². The molecule has 19 heavy (non-hydrogen) atoms. The molecule has 104 valence electrons. The molecule has 0 bridgehead atoms. The average molecular weight is 260 g/mol. The third-order valence-corrected chi connectivity index (χ3v) is 4.82. The molecule has 0 spiro atoms. The number of morpholine rings is 1. The first kappa shape index (κ1) is 13.1. The number of ether oxygens (including phenoxy) is 1. The zero-order valence-corrected chi connectivity index (χ0v) is 11.9. The minimum atomic E-state index is 0.250. The van der Waals surface area contributed by atoms with Crippen molar-refractivity contribution in [2.24, 2.45) is 17.1 Å². The molecule has 1 heterocycles. The smallest absolute Gasteiger partial charge is 0.0751 e. The molecule has 2 fully saturated rings. The molecule has 3 rings (SSSR count). The molecule has 1 aromatic rings. The highest BCUT2D eigenvalue weighted by atomic mass is 16.5. The predicted octanol–water partition coefficient (Wildman–Crippen LogP) is 1.87. The maximum Gasteiger partial charge on any atom is 0.0751 e. The normalized spacial score (nSPS) is 34.2. The Morgan fingerprint density at radius 3 is 2.63 bits per heavy atom. The summed E-state index contributed by atoms with van der Waals surface area (Å²) in [5, 5.41) is 0. The summed E-state index contributed by atoms with van der Waals surface area (Å²) in [6.07, 6.45) is 0.308. The van der Waals surface area contributed by atoms with Gasteiger partial charge in [-0.3, -0.25) is 4.90 Å². The van der Waals surface area contributed by atoms with Gasteiger partial charge in [-0.2, -0.15) is 0 Å². The maximum absolute atomic E-state index is 6.17. The molecular weight excluding hydrogens is 236 g/mol. The lowest BCUT2D eigenvalue weighted by Crippen LogP contribution is -2.44. The van der Waals surface area contributed by atoms with Crippen LogP contribution >= 0.6 is 0 Å². The summed E-state index contributed by atoms with van der Waals surface area (Å²) >= 11 is 0. The third-order valence-electron chi connectivity index (χ3n) is 4.82. The summed E-state index contributed by atoms with van der Waals surface area (Å²) < 4.78 is 5.95. The monoisotopic (exact) mass is 260 g/mol. The largest absolute Gasteiger partial charge is 0.375 e.